The van der Waals surface area contributed by atoms with Crippen molar-refractivity contribution in [3.05, 3.63) is 0 Å². The smallest absolute Gasteiger partial charge is 0.550 e. The Balaban J connectivity index is -0.000000114. The predicted molar refractivity (Wildman–Crippen MR) is 26.4 cm³/mol. The summed E-state index contributed by atoms with van der Waals surface area (Å²) in [5.41, 5.74) is 0. The molecule has 0 N–H and O–H groups in total. The number of carboxylic acids is 2. The maximum Gasteiger partial charge on any atom is 3.00 e. The molecule has 6 heteroatoms. The number of carbonyl (C=O) groups is 3. The molecule has 0 atom stereocenters. The normalized spacial score (nSPS) is 6.36. The number of ketones is 1. The summed E-state index contributed by atoms with van der Waals surface area (Å²) in [6.07, 6.45) is 0. The molecule has 5 nitrogen and oxygen atoms in total. The van der Waals surface area contributed by atoms with Gasteiger partial charge in [0.25, 0.3) is 0 Å². The van der Waals surface area contributed by atoms with Gasteiger partial charge in [-0.1, -0.05) is 0 Å². The molecule has 1 radical (unpaired) electrons. The third kappa shape index (κ3) is 47.4. The zero-order valence-electron chi connectivity index (χ0n) is 5.89. The van der Waals surface area contributed by atoms with E-state index in [2.05, 4.69) is 0 Å². The van der Waals surface area contributed by atoms with Crippen LogP contribution in [0.25, 0.3) is 0 Å². The van der Waals surface area contributed by atoms with Crippen LogP contribution in [0.5, 0.6) is 0 Å². The van der Waals surface area contributed by atoms with Gasteiger partial charge in [0, 0.05) is 12.9 Å². The Hall–Kier alpha value is -0.871. The third-order valence-corrected chi connectivity index (χ3v) is 0.287. The van der Waals surface area contributed by atoms with Crippen molar-refractivity contribution in [1.82, 2.24) is 0 Å². The van der Waals surface area contributed by atoms with Gasteiger partial charge in [-0.05, 0) is 6.92 Å². The Kier molecular flexibility index (Phi) is 13.8. The number of Topliss-reactive ketones (excluding diaryl/α,β-unsaturated/α-hetero) is 1. The van der Waals surface area contributed by atoms with Gasteiger partial charge in [0.2, 0.25) is 0 Å². The molecular weight excluding hydrogens is 196 g/mol. The molecule has 11 heavy (non-hydrogen) atoms. The molecule has 0 bridgehead atoms. The summed E-state index contributed by atoms with van der Waals surface area (Å²) in [4.78, 5) is 27.6. The number of carboxylic acid groups (broad SMARTS) is 2. The standard InChI is InChI=1S/C3H4O3.C2H4O2.Fe/c1-2(4)3(5)6;1-2(3)4;/h1H3,(H,5,6);1H3,(H,3,4);/q;;+3/p-2. The van der Waals surface area contributed by atoms with Crippen LogP contribution in [0, 0.1) is 0 Å². The second kappa shape index (κ2) is 9.13. The van der Waals surface area contributed by atoms with Crippen LogP contribution in [0.4, 0.5) is 0 Å². The van der Waals surface area contributed by atoms with Crippen molar-refractivity contribution < 1.29 is 41.7 Å². The van der Waals surface area contributed by atoms with Gasteiger partial charge in [-0.25, -0.2) is 0 Å². The van der Waals surface area contributed by atoms with Crippen LogP contribution in [-0.4, -0.2) is 17.7 Å². The molecule has 0 aromatic carbocycles. The van der Waals surface area contributed by atoms with Crippen LogP contribution in [0.1, 0.15) is 13.8 Å². The topological polar surface area (TPSA) is 97.3 Å². The van der Waals surface area contributed by atoms with E-state index in [9.17, 15) is 14.7 Å². The minimum Gasteiger partial charge on any atom is -0.550 e. The van der Waals surface area contributed by atoms with Crippen LogP contribution in [0.2, 0.25) is 0 Å². The summed E-state index contributed by atoms with van der Waals surface area (Å²) in [6, 6.07) is 0. The molecule has 0 aliphatic carbocycles. The maximum atomic E-state index is 9.48. The second-order valence-electron chi connectivity index (χ2n) is 1.34. The summed E-state index contributed by atoms with van der Waals surface area (Å²) in [6.45, 7) is 1.91. The number of carbonyl (C=O) groups excluding carboxylic acids is 3. The van der Waals surface area contributed by atoms with Crippen molar-refractivity contribution in [2.75, 3.05) is 0 Å². The van der Waals surface area contributed by atoms with E-state index < -0.39 is 17.7 Å². The first kappa shape index (κ1) is 16.6. The van der Waals surface area contributed by atoms with Gasteiger partial charge in [-0.3, -0.25) is 4.79 Å². The van der Waals surface area contributed by atoms with Gasteiger partial charge in [0.05, 0.1) is 0 Å². The van der Waals surface area contributed by atoms with E-state index >= 15 is 0 Å². The van der Waals surface area contributed by atoms with Gasteiger partial charge in [0.1, 0.15) is 5.97 Å². The number of hydrogen-bond acceptors (Lipinski definition) is 5. The summed E-state index contributed by atoms with van der Waals surface area (Å²) in [5.74, 6) is -3.65. The van der Waals surface area contributed by atoms with E-state index in [1.165, 1.54) is 0 Å². The quantitative estimate of drug-likeness (QED) is 0.335. The Bertz CT molecular complexity index is 137. The van der Waals surface area contributed by atoms with E-state index in [4.69, 9.17) is 9.90 Å². The van der Waals surface area contributed by atoms with Crippen molar-refractivity contribution in [1.29, 1.82) is 0 Å². The molecule has 0 aromatic rings. The van der Waals surface area contributed by atoms with Crippen LogP contribution in [-0.2, 0) is 31.5 Å². The van der Waals surface area contributed by atoms with Crippen LogP contribution >= 0.6 is 0 Å². The first-order chi connectivity index (χ1) is 4.37. The minimum absolute atomic E-state index is 0. The summed E-state index contributed by atoms with van der Waals surface area (Å²) >= 11 is 0. The molecule has 0 amide bonds. The maximum absolute atomic E-state index is 9.48. The second-order valence-corrected chi connectivity index (χ2v) is 1.34. The molecule has 63 valence electrons. The molecular formula is C5H6FeO5+. The predicted octanol–water partition coefficient (Wildman–Crippen LogP) is -2.92. The van der Waals surface area contributed by atoms with E-state index in [1.54, 1.807) is 0 Å². The van der Waals surface area contributed by atoms with Gasteiger partial charge in [-0.2, -0.15) is 0 Å². The van der Waals surface area contributed by atoms with Crippen molar-refractivity contribution in [2.45, 2.75) is 13.8 Å². The van der Waals surface area contributed by atoms with Crippen molar-refractivity contribution in [3.8, 4) is 0 Å². The van der Waals surface area contributed by atoms with E-state index in [-0.39, 0.29) is 17.1 Å². The molecule has 0 fully saturated rings. The zero-order valence-corrected chi connectivity index (χ0v) is 7.00. The molecule has 0 spiro atoms. The first-order valence-electron chi connectivity index (χ1n) is 2.27. The Morgan fingerprint density at radius 3 is 1.09 bits per heavy atom. The Morgan fingerprint density at radius 1 is 1.00 bits per heavy atom. The van der Waals surface area contributed by atoms with E-state index in [1.807, 2.05) is 0 Å². The SMILES string of the molecule is CC(=O)C(=O)[O-].CC(=O)[O-].[Fe+3]. The molecule has 0 rings (SSSR count). The van der Waals surface area contributed by atoms with Gasteiger partial charge in [0.15, 0.2) is 5.78 Å². The largest absolute Gasteiger partial charge is 3.00 e. The first-order valence-corrected chi connectivity index (χ1v) is 2.27. The van der Waals surface area contributed by atoms with E-state index in [0.29, 0.717) is 0 Å². The number of rotatable bonds is 1. The minimum atomic E-state index is -1.63. The fourth-order valence-corrected chi connectivity index (χ4v) is 0. The van der Waals surface area contributed by atoms with Gasteiger partial charge >= 0.3 is 17.1 Å². The van der Waals surface area contributed by atoms with Crippen molar-refractivity contribution in [3.63, 3.8) is 0 Å². The third-order valence-electron chi connectivity index (χ3n) is 0.287. The monoisotopic (exact) mass is 202 g/mol. The molecule has 0 saturated carbocycles. The average Bonchev–Trinajstić information content (AvgIpc) is 1.63. The molecule has 0 aromatic heterocycles. The number of hydrogen-bond donors (Lipinski definition) is 0. The molecule has 0 unspecified atom stereocenters. The Morgan fingerprint density at radius 2 is 1.09 bits per heavy atom. The number of aliphatic carboxylic acids is 2. The zero-order chi connectivity index (χ0) is 8.73. The van der Waals surface area contributed by atoms with Crippen LogP contribution in [0.15, 0.2) is 0 Å². The van der Waals surface area contributed by atoms with Crippen molar-refractivity contribution >= 4 is 17.7 Å². The molecule has 0 aliphatic heterocycles. The van der Waals surface area contributed by atoms with Gasteiger partial charge < -0.3 is 19.8 Å². The van der Waals surface area contributed by atoms with Crippen LogP contribution < -0.4 is 10.2 Å². The van der Waals surface area contributed by atoms with E-state index in [0.717, 1.165) is 13.8 Å². The summed E-state index contributed by atoms with van der Waals surface area (Å²) in [5, 5.41) is 18.1. The fraction of sp³-hybridized carbons (Fsp3) is 0.400. The molecule has 0 heterocycles. The summed E-state index contributed by atoms with van der Waals surface area (Å²) < 4.78 is 0. The van der Waals surface area contributed by atoms with Crippen molar-refractivity contribution in [2.24, 2.45) is 0 Å². The fourth-order valence-electron chi connectivity index (χ4n) is 0. The van der Waals surface area contributed by atoms with Crippen LogP contribution in [0.3, 0.4) is 0 Å². The van der Waals surface area contributed by atoms with Gasteiger partial charge in [-0.15, -0.1) is 0 Å². The average molecular weight is 202 g/mol. The summed E-state index contributed by atoms with van der Waals surface area (Å²) in [7, 11) is 0. The molecule has 0 aliphatic rings. The Labute approximate surface area is 73.9 Å². The molecule has 0 saturated heterocycles.